The van der Waals surface area contributed by atoms with E-state index in [1.165, 1.54) is 11.1 Å². The molecule has 0 unspecified atom stereocenters. The fourth-order valence-electron chi connectivity index (χ4n) is 7.91. The first-order valence-electron chi connectivity index (χ1n) is 19.0. The third-order valence-corrected chi connectivity index (χ3v) is 10.8. The van der Waals surface area contributed by atoms with E-state index in [4.69, 9.17) is 24.4 Å². The second kappa shape index (κ2) is 13.5. The van der Waals surface area contributed by atoms with Crippen LogP contribution >= 0.6 is 0 Å². The van der Waals surface area contributed by atoms with Gasteiger partial charge >= 0.3 is 0 Å². The number of hydrogen-bond donors (Lipinski definition) is 0. The van der Waals surface area contributed by atoms with E-state index in [-0.39, 0.29) is 0 Å². The van der Waals surface area contributed by atoms with Crippen LogP contribution in [0, 0.1) is 0 Å². The van der Waals surface area contributed by atoms with Crippen LogP contribution < -0.4 is 0 Å². The van der Waals surface area contributed by atoms with E-state index in [9.17, 15) is 0 Å². The van der Waals surface area contributed by atoms with Crippen molar-refractivity contribution in [2.45, 2.75) is 0 Å². The van der Waals surface area contributed by atoms with E-state index >= 15 is 0 Å². The normalized spacial score (nSPS) is 11.5. The number of aromatic nitrogens is 4. The monoisotopic (exact) mass is 728 g/mol. The summed E-state index contributed by atoms with van der Waals surface area (Å²) in [5.74, 6) is 2.46. The van der Waals surface area contributed by atoms with E-state index in [0.717, 1.165) is 76.8 Å². The maximum absolute atomic E-state index is 6.58. The van der Waals surface area contributed by atoms with E-state index < -0.39 is 0 Å². The minimum absolute atomic E-state index is 0.608. The summed E-state index contributed by atoms with van der Waals surface area (Å²) >= 11 is 0. The maximum atomic E-state index is 6.58. The fourth-order valence-corrected chi connectivity index (χ4v) is 7.91. The zero-order valence-electron chi connectivity index (χ0n) is 30.7. The lowest BCUT2D eigenvalue weighted by atomic mass is 9.93. The van der Waals surface area contributed by atoms with E-state index in [1.54, 1.807) is 0 Å². The molecule has 5 nitrogen and oxygen atoms in total. The summed E-state index contributed by atoms with van der Waals surface area (Å²) < 4.78 is 6.58. The smallest absolute Gasteiger partial charge is 0.227 e. The van der Waals surface area contributed by atoms with E-state index in [2.05, 4.69) is 121 Å². The number of nitrogens with zero attached hydrogens (tertiary/aromatic N) is 4. The Kier molecular flexibility index (Phi) is 7.74. The molecule has 2 heterocycles. The molecule has 2 aromatic heterocycles. The first kappa shape index (κ1) is 32.7. The third-order valence-electron chi connectivity index (χ3n) is 10.8. The molecule has 0 radical (unpaired) electrons. The summed E-state index contributed by atoms with van der Waals surface area (Å²) in [6, 6.07) is 67.1. The van der Waals surface area contributed by atoms with Crippen LogP contribution in [0.5, 0.6) is 0 Å². The van der Waals surface area contributed by atoms with Crippen molar-refractivity contribution in [2.75, 3.05) is 0 Å². The highest BCUT2D eigenvalue weighted by Gasteiger charge is 2.18. The van der Waals surface area contributed by atoms with Crippen LogP contribution in [-0.4, -0.2) is 19.9 Å². The average molecular weight is 729 g/mol. The molecule has 0 aliphatic carbocycles. The molecule has 9 aromatic carbocycles. The molecule has 0 bridgehead atoms. The Labute approximate surface area is 328 Å². The van der Waals surface area contributed by atoms with Gasteiger partial charge in [0.1, 0.15) is 5.52 Å². The molecule has 266 valence electrons. The van der Waals surface area contributed by atoms with Gasteiger partial charge in [0, 0.05) is 33.0 Å². The number of hydrogen-bond acceptors (Lipinski definition) is 5. The summed E-state index contributed by atoms with van der Waals surface area (Å²) in [5, 5.41) is 6.49. The second-order valence-corrected chi connectivity index (χ2v) is 14.2. The number of oxazole rings is 1. The van der Waals surface area contributed by atoms with Crippen molar-refractivity contribution < 1.29 is 4.42 Å². The molecule has 0 atom stereocenters. The van der Waals surface area contributed by atoms with Gasteiger partial charge in [0.2, 0.25) is 5.89 Å². The molecule has 0 fully saturated rings. The van der Waals surface area contributed by atoms with Gasteiger partial charge < -0.3 is 4.42 Å². The molecule has 0 saturated carbocycles. The summed E-state index contributed by atoms with van der Waals surface area (Å²) in [6.07, 6.45) is 0. The predicted octanol–water partition coefficient (Wildman–Crippen LogP) is 13.5. The Hall–Kier alpha value is -7.76. The molecule has 11 rings (SSSR count). The van der Waals surface area contributed by atoms with Crippen molar-refractivity contribution in [2.24, 2.45) is 0 Å². The maximum Gasteiger partial charge on any atom is 0.227 e. The molecule has 5 heteroatoms. The van der Waals surface area contributed by atoms with Crippen molar-refractivity contribution >= 4 is 43.4 Å². The van der Waals surface area contributed by atoms with E-state index in [0.29, 0.717) is 23.4 Å². The topological polar surface area (TPSA) is 64.7 Å². The Balaban J connectivity index is 1.05. The van der Waals surface area contributed by atoms with Crippen LogP contribution in [0.1, 0.15) is 0 Å². The molecule has 11 aromatic rings. The zero-order chi connectivity index (χ0) is 37.7. The predicted molar refractivity (Wildman–Crippen MR) is 233 cm³/mol. The summed E-state index contributed by atoms with van der Waals surface area (Å²) in [5.41, 5.74) is 9.99. The SMILES string of the molecule is c1ccc(-c2ccc(-c3ccc(-c4nc(-c5ccccc5)nc(-c5cccc6c5ccc5ccc7ccc8nc(-c9ccccc9)oc8c7c56)n4)cc3)cc2)cc1. The van der Waals surface area contributed by atoms with Crippen molar-refractivity contribution in [1.29, 1.82) is 0 Å². The van der Waals surface area contributed by atoms with Gasteiger partial charge in [-0.2, -0.15) is 0 Å². The lowest BCUT2D eigenvalue weighted by molar-refractivity contribution is 0.623. The first-order valence-corrected chi connectivity index (χ1v) is 19.0. The quantitative estimate of drug-likeness (QED) is 0.160. The average Bonchev–Trinajstić information content (AvgIpc) is 3.74. The van der Waals surface area contributed by atoms with Crippen LogP contribution in [0.25, 0.3) is 111 Å². The van der Waals surface area contributed by atoms with Gasteiger partial charge in [-0.3, -0.25) is 0 Å². The van der Waals surface area contributed by atoms with Crippen LogP contribution in [0.2, 0.25) is 0 Å². The van der Waals surface area contributed by atoms with Crippen molar-refractivity contribution in [3.63, 3.8) is 0 Å². The molecular weight excluding hydrogens is 697 g/mol. The number of fused-ring (bicyclic) bond motifs is 7. The zero-order valence-corrected chi connectivity index (χ0v) is 30.7. The fraction of sp³-hybridized carbons (Fsp3) is 0. The van der Waals surface area contributed by atoms with E-state index in [1.807, 2.05) is 72.8 Å². The highest BCUT2D eigenvalue weighted by molar-refractivity contribution is 6.27. The Morgan fingerprint density at radius 3 is 1.40 bits per heavy atom. The van der Waals surface area contributed by atoms with Gasteiger partial charge in [-0.25, -0.2) is 19.9 Å². The highest BCUT2D eigenvalue weighted by Crippen LogP contribution is 2.40. The Morgan fingerprint density at radius 2 is 0.772 bits per heavy atom. The second-order valence-electron chi connectivity index (χ2n) is 14.2. The summed E-state index contributed by atoms with van der Waals surface area (Å²) in [7, 11) is 0. The van der Waals surface area contributed by atoms with Crippen LogP contribution in [0.15, 0.2) is 199 Å². The van der Waals surface area contributed by atoms with Crippen LogP contribution in [0.3, 0.4) is 0 Å². The molecule has 0 saturated heterocycles. The summed E-state index contributed by atoms with van der Waals surface area (Å²) in [4.78, 5) is 20.2. The number of rotatable bonds is 6. The highest BCUT2D eigenvalue weighted by atomic mass is 16.3. The molecule has 0 amide bonds. The van der Waals surface area contributed by atoms with Gasteiger partial charge in [0.15, 0.2) is 23.1 Å². The van der Waals surface area contributed by atoms with Gasteiger partial charge in [-0.05, 0) is 62.0 Å². The minimum Gasteiger partial charge on any atom is -0.435 e. The lowest BCUT2D eigenvalue weighted by Crippen LogP contribution is -2.00. The standard InChI is InChI=1S/C52H32N4O/c1-4-11-33(12-5-1)34-19-21-35(22-20-34)36-23-27-40(28-24-36)50-54-49(39-13-6-2-7-14-39)55-51(56-50)44-18-10-17-43-42(44)31-29-37-25-26-38-30-32-45-48(47(38)46(37)43)57-52(53-45)41-15-8-3-9-16-41/h1-32H. The van der Waals surface area contributed by atoms with Crippen molar-refractivity contribution in [1.82, 2.24) is 19.9 Å². The lowest BCUT2D eigenvalue weighted by Gasteiger charge is -2.13. The van der Waals surface area contributed by atoms with Gasteiger partial charge in [-0.15, -0.1) is 0 Å². The first-order chi connectivity index (χ1) is 28.2. The van der Waals surface area contributed by atoms with Crippen molar-refractivity contribution in [3.05, 3.63) is 194 Å². The molecule has 0 spiro atoms. The molecular formula is C52H32N4O. The Morgan fingerprint density at radius 1 is 0.298 bits per heavy atom. The Bertz CT molecular complexity index is 3250. The molecule has 0 aliphatic rings. The number of benzene rings is 9. The van der Waals surface area contributed by atoms with Crippen molar-refractivity contribution in [3.8, 4) is 67.9 Å². The van der Waals surface area contributed by atoms with Crippen LogP contribution in [-0.2, 0) is 0 Å². The van der Waals surface area contributed by atoms with Gasteiger partial charge in [0.25, 0.3) is 0 Å². The molecule has 0 aliphatic heterocycles. The third kappa shape index (κ3) is 5.81. The molecule has 0 N–H and O–H groups in total. The van der Waals surface area contributed by atoms with Gasteiger partial charge in [0.05, 0.1) is 0 Å². The molecule has 57 heavy (non-hydrogen) atoms. The minimum atomic E-state index is 0.608. The largest absolute Gasteiger partial charge is 0.435 e. The van der Waals surface area contributed by atoms with Gasteiger partial charge in [-0.1, -0.05) is 176 Å². The summed E-state index contributed by atoms with van der Waals surface area (Å²) in [6.45, 7) is 0. The van der Waals surface area contributed by atoms with Crippen LogP contribution in [0.4, 0.5) is 0 Å².